The van der Waals surface area contributed by atoms with E-state index in [1.165, 1.54) is 10.5 Å². The molecule has 3 nitrogen and oxygen atoms in total. The highest BCUT2D eigenvalue weighted by atomic mass is 16.2. The predicted molar refractivity (Wildman–Crippen MR) is 98.4 cm³/mol. The van der Waals surface area contributed by atoms with Crippen LogP contribution in [0.4, 0.5) is 5.69 Å². The molecule has 26 heavy (non-hydrogen) atoms. The second-order valence-corrected chi connectivity index (χ2v) is 8.55. The highest BCUT2D eigenvalue weighted by Crippen LogP contribution is 2.77. The number of nitrogens with zero attached hydrogens (tertiary/aromatic N) is 1. The topological polar surface area (TPSA) is 37.4 Å². The summed E-state index contributed by atoms with van der Waals surface area (Å²) in [6, 6.07) is 18.4. The lowest BCUT2D eigenvalue weighted by Crippen LogP contribution is -2.33. The van der Waals surface area contributed by atoms with Crippen LogP contribution >= 0.6 is 0 Å². The summed E-state index contributed by atoms with van der Waals surface area (Å²) < 4.78 is 0. The number of anilines is 1. The van der Waals surface area contributed by atoms with Gasteiger partial charge in [0.2, 0.25) is 11.8 Å². The minimum atomic E-state index is -0.0798. The molecule has 2 aromatic carbocycles. The van der Waals surface area contributed by atoms with Crippen molar-refractivity contribution in [2.45, 2.75) is 19.3 Å². The number of amides is 2. The molecule has 3 heteroatoms. The Hall–Kier alpha value is -2.42. The third-order valence-electron chi connectivity index (χ3n) is 7.46. The SMILES string of the molecule is Cc1ccc(N2C(=O)[C@@H]3[C@H]4C[C@@H]([C@@H]3C2=O)[C@@H]2C(c3ccccc3)[C@H]42)cc1. The van der Waals surface area contributed by atoms with Crippen LogP contribution in [-0.2, 0) is 9.59 Å². The number of carbonyl (C=O) groups is 2. The largest absolute Gasteiger partial charge is 0.274 e. The fourth-order valence-corrected chi connectivity index (χ4v) is 6.54. The first-order valence-corrected chi connectivity index (χ1v) is 9.66. The summed E-state index contributed by atoms with van der Waals surface area (Å²) in [5.74, 6) is 2.52. The van der Waals surface area contributed by atoms with E-state index in [0.29, 0.717) is 29.6 Å². The van der Waals surface area contributed by atoms with Gasteiger partial charge in [0.25, 0.3) is 0 Å². The lowest BCUT2D eigenvalue weighted by molar-refractivity contribution is -0.123. The third-order valence-corrected chi connectivity index (χ3v) is 7.46. The Morgan fingerprint density at radius 1 is 0.769 bits per heavy atom. The molecule has 7 atom stereocenters. The molecule has 1 heterocycles. The molecule has 4 aliphatic rings. The van der Waals surface area contributed by atoms with Crippen molar-refractivity contribution in [1.82, 2.24) is 0 Å². The highest BCUT2D eigenvalue weighted by molar-refractivity contribution is 6.22. The van der Waals surface area contributed by atoms with Gasteiger partial charge in [-0.15, -0.1) is 0 Å². The normalized spacial score (nSPS) is 39.3. The van der Waals surface area contributed by atoms with Gasteiger partial charge in [-0.1, -0.05) is 48.0 Å². The van der Waals surface area contributed by atoms with Crippen molar-refractivity contribution < 1.29 is 9.59 Å². The molecule has 1 unspecified atom stereocenters. The third kappa shape index (κ3) is 1.69. The molecule has 1 saturated heterocycles. The quantitative estimate of drug-likeness (QED) is 0.778. The van der Waals surface area contributed by atoms with Gasteiger partial charge in [0.15, 0.2) is 0 Å². The van der Waals surface area contributed by atoms with Crippen LogP contribution in [0.15, 0.2) is 54.6 Å². The van der Waals surface area contributed by atoms with E-state index in [1.54, 1.807) is 0 Å². The summed E-state index contributed by atoms with van der Waals surface area (Å²) in [6.45, 7) is 2.02. The van der Waals surface area contributed by atoms with E-state index in [1.807, 2.05) is 31.2 Å². The standard InChI is InChI=1S/C23H21NO2/c1-12-7-9-14(10-8-12)24-22(25)20-15-11-16(21(20)23(24)26)19-17(18(15)19)13-5-3-2-4-6-13/h2-10,15-21H,11H2,1H3/t15-,16+,17?,18-,19+,20+,21-. The number of aryl methyl sites for hydroxylation is 1. The number of benzene rings is 2. The van der Waals surface area contributed by atoms with Crippen molar-refractivity contribution in [3.8, 4) is 0 Å². The summed E-state index contributed by atoms with van der Waals surface area (Å²) in [7, 11) is 0. The molecule has 0 spiro atoms. The van der Waals surface area contributed by atoms with Gasteiger partial charge >= 0.3 is 0 Å². The molecule has 2 amide bonds. The second kappa shape index (κ2) is 4.85. The maximum atomic E-state index is 13.2. The number of imide groups is 1. The van der Waals surface area contributed by atoms with Gasteiger partial charge in [-0.3, -0.25) is 14.5 Å². The zero-order chi connectivity index (χ0) is 17.6. The van der Waals surface area contributed by atoms with Gasteiger partial charge < -0.3 is 0 Å². The average Bonchev–Trinajstić information content (AvgIpc) is 3.00. The Bertz CT molecular complexity index is 885. The van der Waals surface area contributed by atoms with E-state index in [9.17, 15) is 9.59 Å². The molecule has 4 fully saturated rings. The van der Waals surface area contributed by atoms with Crippen molar-refractivity contribution >= 4 is 17.5 Å². The maximum absolute atomic E-state index is 13.2. The summed E-state index contributed by atoms with van der Waals surface area (Å²) >= 11 is 0. The fourth-order valence-electron chi connectivity index (χ4n) is 6.54. The van der Waals surface area contributed by atoms with Crippen LogP contribution in [0.3, 0.4) is 0 Å². The van der Waals surface area contributed by atoms with Gasteiger partial charge in [0, 0.05) is 0 Å². The Labute approximate surface area is 153 Å². The van der Waals surface area contributed by atoms with Crippen LogP contribution in [0.25, 0.3) is 0 Å². The van der Waals surface area contributed by atoms with Crippen LogP contribution in [-0.4, -0.2) is 11.8 Å². The minimum absolute atomic E-state index is 0.0496. The van der Waals surface area contributed by atoms with Gasteiger partial charge in [0.1, 0.15) is 0 Å². The first kappa shape index (κ1) is 14.7. The molecule has 3 aliphatic carbocycles. The van der Waals surface area contributed by atoms with Crippen LogP contribution in [0, 0.1) is 42.4 Å². The lowest BCUT2D eigenvalue weighted by atomic mass is 9.81. The number of fused-ring (bicyclic) bond motifs is 8. The second-order valence-electron chi connectivity index (χ2n) is 8.55. The fraction of sp³-hybridized carbons (Fsp3) is 0.391. The molecule has 2 bridgehead atoms. The van der Waals surface area contributed by atoms with Crippen LogP contribution in [0.1, 0.15) is 23.5 Å². The van der Waals surface area contributed by atoms with Crippen molar-refractivity contribution in [2.24, 2.45) is 35.5 Å². The minimum Gasteiger partial charge on any atom is -0.274 e. The first-order chi connectivity index (χ1) is 12.7. The van der Waals surface area contributed by atoms with E-state index >= 15 is 0 Å². The average molecular weight is 343 g/mol. The molecule has 1 aliphatic heterocycles. The van der Waals surface area contributed by atoms with Crippen LogP contribution in [0.5, 0.6) is 0 Å². The molecule has 3 saturated carbocycles. The molecule has 130 valence electrons. The lowest BCUT2D eigenvalue weighted by Gasteiger charge is -2.19. The molecular formula is C23H21NO2. The Morgan fingerprint density at radius 2 is 1.35 bits per heavy atom. The predicted octanol–water partition coefficient (Wildman–Crippen LogP) is 3.78. The Balaban J connectivity index is 1.33. The summed E-state index contributed by atoms with van der Waals surface area (Å²) in [5.41, 5.74) is 3.28. The Kier molecular flexibility index (Phi) is 2.74. The van der Waals surface area contributed by atoms with Gasteiger partial charge in [-0.2, -0.15) is 0 Å². The van der Waals surface area contributed by atoms with E-state index < -0.39 is 0 Å². The highest BCUT2D eigenvalue weighted by Gasteiger charge is 2.76. The number of hydrogen-bond acceptors (Lipinski definition) is 2. The number of hydrogen-bond donors (Lipinski definition) is 0. The number of rotatable bonds is 2. The molecule has 0 radical (unpaired) electrons. The van der Waals surface area contributed by atoms with E-state index in [4.69, 9.17) is 0 Å². The summed E-state index contributed by atoms with van der Waals surface area (Å²) in [5, 5.41) is 0. The molecular weight excluding hydrogens is 322 g/mol. The van der Waals surface area contributed by atoms with Gasteiger partial charge in [-0.25, -0.2) is 0 Å². The summed E-state index contributed by atoms with van der Waals surface area (Å²) in [4.78, 5) is 27.9. The van der Waals surface area contributed by atoms with Crippen molar-refractivity contribution in [2.75, 3.05) is 4.90 Å². The Morgan fingerprint density at radius 3 is 1.92 bits per heavy atom. The molecule has 2 aromatic rings. The summed E-state index contributed by atoms with van der Waals surface area (Å²) in [6.07, 6.45) is 1.08. The van der Waals surface area contributed by atoms with E-state index in [0.717, 1.165) is 17.7 Å². The molecule has 6 rings (SSSR count). The monoisotopic (exact) mass is 343 g/mol. The zero-order valence-electron chi connectivity index (χ0n) is 14.7. The maximum Gasteiger partial charge on any atom is 0.237 e. The van der Waals surface area contributed by atoms with E-state index in [2.05, 4.69) is 30.3 Å². The van der Waals surface area contributed by atoms with Gasteiger partial charge in [0.05, 0.1) is 17.5 Å². The van der Waals surface area contributed by atoms with E-state index in [-0.39, 0.29) is 23.7 Å². The van der Waals surface area contributed by atoms with Crippen LogP contribution < -0.4 is 4.90 Å². The van der Waals surface area contributed by atoms with Gasteiger partial charge in [-0.05, 0) is 60.6 Å². The van der Waals surface area contributed by atoms with Crippen molar-refractivity contribution in [1.29, 1.82) is 0 Å². The first-order valence-electron chi connectivity index (χ1n) is 9.66. The number of carbonyl (C=O) groups excluding carboxylic acids is 2. The van der Waals surface area contributed by atoms with Crippen molar-refractivity contribution in [3.63, 3.8) is 0 Å². The van der Waals surface area contributed by atoms with Crippen molar-refractivity contribution in [3.05, 3.63) is 65.7 Å². The molecule has 0 aromatic heterocycles. The smallest absolute Gasteiger partial charge is 0.237 e. The molecule has 0 N–H and O–H groups in total. The van der Waals surface area contributed by atoms with Crippen LogP contribution in [0.2, 0.25) is 0 Å². The zero-order valence-corrected chi connectivity index (χ0v) is 14.7.